The normalized spacial score (nSPS) is 37.4. The molecule has 0 spiro atoms. The zero-order chi connectivity index (χ0) is 18.2. The Kier molecular flexibility index (Phi) is 7.80. The van der Waals surface area contributed by atoms with Crippen molar-refractivity contribution < 1.29 is 5.11 Å². The molecule has 2 nitrogen and oxygen atoms in total. The average molecular weight is 370 g/mol. The number of hydrogen-bond donors (Lipinski definition) is 1. The van der Waals surface area contributed by atoms with Crippen molar-refractivity contribution in [1.29, 1.82) is 5.26 Å². The summed E-state index contributed by atoms with van der Waals surface area (Å²) in [6.07, 6.45) is 13.4. The monoisotopic (exact) mass is 369 g/mol. The number of aliphatic hydroxyl groups is 1. The fraction of sp³-hybridized carbons (Fsp3) is 0.783. The second-order valence-corrected chi connectivity index (χ2v) is 9.40. The Morgan fingerprint density at radius 1 is 0.577 bits per heavy atom. The van der Waals surface area contributed by atoms with Gasteiger partial charge in [0, 0.05) is 28.9 Å². The van der Waals surface area contributed by atoms with Crippen molar-refractivity contribution in [2.75, 3.05) is 0 Å². The lowest BCUT2D eigenvalue weighted by Crippen LogP contribution is -2.17. The first-order valence-electron chi connectivity index (χ1n) is 10.5. The van der Waals surface area contributed by atoms with Crippen LogP contribution in [0.4, 0.5) is 0 Å². The van der Waals surface area contributed by atoms with Crippen molar-refractivity contribution in [1.82, 2.24) is 0 Å². The molecule has 1 N–H and O–H groups in total. The van der Waals surface area contributed by atoms with Crippen LogP contribution in [-0.2, 0) is 0 Å². The minimum Gasteiger partial charge on any atom is -0.393 e. The highest BCUT2D eigenvalue weighted by atomic mass is 32.2. The number of aliphatic hydroxyl groups excluding tert-OH is 1. The molecule has 3 saturated carbocycles. The molecule has 0 bridgehead atoms. The molecular weight excluding hydrogens is 338 g/mol. The number of rotatable bonds is 1. The van der Waals surface area contributed by atoms with Crippen LogP contribution in [0, 0.1) is 58.0 Å². The Bertz CT molecular complexity index is 592. The third kappa shape index (κ3) is 6.27. The molecule has 3 heteroatoms. The maximum atomic E-state index is 9.58. The Morgan fingerprint density at radius 3 is 1.31 bits per heavy atom. The van der Waals surface area contributed by atoms with Crippen LogP contribution < -0.4 is 0 Å². The van der Waals surface area contributed by atoms with E-state index < -0.39 is 0 Å². The third-order valence-corrected chi connectivity index (χ3v) is 7.21. The number of nitrogens with zero attached hydrogens (tertiary/aromatic N) is 1. The van der Waals surface area contributed by atoms with E-state index in [9.17, 15) is 5.11 Å². The summed E-state index contributed by atoms with van der Waals surface area (Å²) >= 11 is 1.45. The van der Waals surface area contributed by atoms with Gasteiger partial charge in [-0.15, -0.1) is 0 Å². The molecule has 0 aromatic heterocycles. The highest BCUT2D eigenvalue weighted by Gasteiger charge is 2.22. The van der Waals surface area contributed by atoms with E-state index in [4.69, 9.17) is 5.26 Å². The van der Waals surface area contributed by atoms with Gasteiger partial charge in [-0.3, -0.25) is 0 Å². The molecule has 0 aliphatic heterocycles. The Balaban J connectivity index is 1.37. The van der Waals surface area contributed by atoms with E-state index in [1.165, 1.54) is 50.3 Å². The van der Waals surface area contributed by atoms with Crippen molar-refractivity contribution in [2.45, 2.75) is 88.4 Å². The van der Waals surface area contributed by atoms with Crippen LogP contribution in [0.2, 0.25) is 0 Å². The van der Waals surface area contributed by atoms with Gasteiger partial charge >= 0.3 is 0 Å². The first kappa shape index (κ1) is 19.7. The van der Waals surface area contributed by atoms with Crippen LogP contribution in [0.25, 0.3) is 0 Å². The zero-order valence-electron chi connectivity index (χ0n) is 15.8. The molecule has 0 saturated heterocycles. The van der Waals surface area contributed by atoms with Gasteiger partial charge in [0.25, 0.3) is 0 Å². The van der Waals surface area contributed by atoms with E-state index >= 15 is 0 Å². The van der Waals surface area contributed by atoms with Gasteiger partial charge in [-0.25, -0.2) is 0 Å². The van der Waals surface area contributed by atoms with Crippen LogP contribution in [0.5, 0.6) is 0 Å². The molecule has 3 fully saturated rings. The summed E-state index contributed by atoms with van der Waals surface area (Å²) in [5.41, 5.74) is 0. The molecular formula is C23H31NOS. The van der Waals surface area contributed by atoms with E-state index in [0.717, 1.165) is 38.5 Å². The molecule has 0 amide bonds. The summed E-state index contributed by atoms with van der Waals surface area (Å²) in [5.74, 6) is 16.4. The van der Waals surface area contributed by atoms with Gasteiger partial charge in [0.15, 0.2) is 0 Å². The molecule has 3 aliphatic rings. The van der Waals surface area contributed by atoms with Crippen molar-refractivity contribution >= 4 is 11.8 Å². The molecule has 3 rings (SSSR count). The van der Waals surface area contributed by atoms with Crippen LogP contribution in [0.15, 0.2) is 0 Å². The van der Waals surface area contributed by atoms with E-state index in [1.807, 2.05) is 0 Å². The van der Waals surface area contributed by atoms with Gasteiger partial charge in [0.1, 0.15) is 5.40 Å². The standard InChI is InChI=1S/C23H31NOS/c24-17-26-23-15-11-21(12-16-23)8-6-19-3-1-18(2-4-19)5-7-20-9-13-22(25)14-10-20/h18-23,25H,1-4,9-16H2. The van der Waals surface area contributed by atoms with Crippen LogP contribution in [-0.4, -0.2) is 16.5 Å². The molecule has 0 aromatic rings. The molecule has 0 unspecified atom stereocenters. The van der Waals surface area contributed by atoms with Crippen molar-refractivity contribution in [3.05, 3.63) is 0 Å². The maximum absolute atomic E-state index is 9.58. The zero-order valence-corrected chi connectivity index (χ0v) is 16.6. The number of nitriles is 1. The lowest BCUT2D eigenvalue weighted by Gasteiger charge is -2.24. The number of thioether (sulfide) groups is 1. The second-order valence-electron chi connectivity index (χ2n) is 8.31. The Morgan fingerprint density at radius 2 is 0.923 bits per heavy atom. The van der Waals surface area contributed by atoms with Crippen molar-refractivity contribution in [2.24, 2.45) is 23.7 Å². The van der Waals surface area contributed by atoms with E-state index in [-0.39, 0.29) is 6.10 Å². The van der Waals surface area contributed by atoms with Gasteiger partial charge in [-0.2, -0.15) is 5.26 Å². The summed E-state index contributed by atoms with van der Waals surface area (Å²) in [6.45, 7) is 0. The molecule has 26 heavy (non-hydrogen) atoms. The highest BCUT2D eigenvalue weighted by molar-refractivity contribution is 8.04. The van der Waals surface area contributed by atoms with Gasteiger partial charge in [-0.1, -0.05) is 23.7 Å². The number of hydrogen-bond acceptors (Lipinski definition) is 3. The summed E-state index contributed by atoms with van der Waals surface area (Å²) in [4.78, 5) is 0. The fourth-order valence-electron chi connectivity index (χ4n) is 4.47. The predicted octanol–water partition coefficient (Wildman–Crippen LogP) is 5.12. The second kappa shape index (κ2) is 10.3. The lowest BCUT2D eigenvalue weighted by molar-refractivity contribution is 0.119. The van der Waals surface area contributed by atoms with Crippen molar-refractivity contribution in [3.8, 4) is 29.1 Å². The summed E-state index contributed by atoms with van der Waals surface area (Å²) in [6, 6.07) is 0. The van der Waals surface area contributed by atoms with E-state index in [0.29, 0.717) is 28.9 Å². The van der Waals surface area contributed by atoms with Gasteiger partial charge in [0.05, 0.1) is 6.10 Å². The molecule has 140 valence electrons. The van der Waals surface area contributed by atoms with Crippen LogP contribution in [0.3, 0.4) is 0 Å². The highest BCUT2D eigenvalue weighted by Crippen LogP contribution is 2.32. The van der Waals surface area contributed by atoms with Crippen molar-refractivity contribution in [3.63, 3.8) is 0 Å². The average Bonchev–Trinajstić information content (AvgIpc) is 2.68. The predicted molar refractivity (Wildman–Crippen MR) is 108 cm³/mol. The van der Waals surface area contributed by atoms with Gasteiger partial charge in [0.2, 0.25) is 0 Å². The van der Waals surface area contributed by atoms with Crippen LogP contribution in [0.1, 0.15) is 77.0 Å². The minimum absolute atomic E-state index is 0.0813. The lowest BCUT2D eigenvalue weighted by atomic mass is 9.81. The topological polar surface area (TPSA) is 44.0 Å². The fourth-order valence-corrected chi connectivity index (χ4v) is 5.13. The minimum atomic E-state index is -0.0813. The summed E-state index contributed by atoms with van der Waals surface area (Å²) in [5, 5.41) is 21.1. The SMILES string of the molecule is N#CSC1CCC(C#CC2CCC(C#CC3CCC(O)CC3)CC2)CC1. The van der Waals surface area contributed by atoms with Gasteiger partial charge in [-0.05, 0) is 88.8 Å². The molecule has 0 heterocycles. The molecule has 0 aromatic carbocycles. The third-order valence-electron chi connectivity index (χ3n) is 6.30. The Labute approximate surface area is 163 Å². The molecule has 3 aliphatic carbocycles. The Hall–Kier alpha value is -1.08. The van der Waals surface area contributed by atoms with Gasteiger partial charge < -0.3 is 5.11 Å². The summed E-state index contributed by atoms with van der Waals surface area (Å²) in [7, 11) is 0. The largest absolute Gasteiger partial charge is 0.393 e. The van der Waals surface area contributed by atoms with Crippen LogP contribution >= 0.6 is 11.8 Å². The molecule has 0 radical (unpaired) electrons. The smallest absolute Gasteiger partial charge is 0.133 e. The first-order valence-corrected chi connectivity index (χ1v) is 11.4. The van der Waals surface area contributed by atoms with E-state index in [1.54, 1.807) is 0 Å². The quantitative estimate of drug-likeness (QED) is 0.515. The maximum Gasteiger partial charge on any atom is 0.133 e. The van der Waals surface area contributed by atoms with E-state index in [2.05, 4.69) is 29.1 Å². The first-order chi connectivity index (χ1) is 12.7. The summed E-state index contributed by atoms with van der Waals surface area (Å²) < 4.78 is 0. The molecule has 0 atom stereocenters. The number of thiocyanates is 1.